The number of aromatic nitrogens is 2. The molecule has 8 heteroatoms. The van der Waals surface area contributed by atoms with E-state index in [9.17, 15) is 14.4 Å². The van der Waals surface area contributed by atoms with E-state index in [0.717, 1.165) is 6.42 Å². The van der Waals surface area contributed by atoms with E-state index in [1.165, 1.54) is 35.2 Å². The average Bonchev–Trinajstić information content (AvgIpc) is 3.09. The Labute approximate surface area is 159 Å². The highest BCUT2D eigenvalue weighted by Crippen LogP contribution is 2.16. The van der Waals surface area contributed by atoms with Gasteiger partial charge < -0.3 is 10.3 Å². The van der Waals surface area contributed by atoms with Crippen LogP contribution in [-0.4, -0.2) is 28.3 Å². The van der Waals surface area contributed by atoms with E-state index in [0.29, 0.717) is 22.9 Å². The van der Waals surface area contributed by atoms with Crippen molar-refractivity contribution in [2.75, 3.05) is 11.9 Å². The molecule has 0 spiro atoms. The van der Waals surface area contributed by atoms with Crippen molar-refractivity contribution in [3.05, 3.63) is 81.2 Å². The number of hydrogen-bond acceptors (Lipinski definition) is 5. The second kappa shape index (κ2) is 8.91. The summed E-state index contributed by atoms with van der Waals surface area (Å²) in [6.45, 7) is 0.558. The molecule has 0 saturated carbocycles. The van der Waals surface area contributed by atoms with Gasteiger partial charge in [0.2, 0.25) is 11.5 Å². The van der Waals surface area contributed by atoms with E-state index in [1.54, 1.807) is 5.38 Å². The van der Waals surface area contributed by atoms with Crippen molar-refractivity contribution in [2.45, 2.75) is 12.8 Å². The monoisotopic (exact) mass is 382 g/mol. The molecule has 0 radical (unpaired) electrons. The van der Waals surface area contributed by atoms with Crippen molar-refractivity contribution in [3.63, 3.8) is 0 Å². The van der Waals surface area contributed by atoms with Crippen LogP contribution in [0.2, 0.25) is 0 Å². The van der Waals surface area contributed by atoms with Gasteiger partial charge in [-0.1, -0.05) is 30.3 Å². The molecule has 27 heavy (non-hydrogen) atoms. The minimum atomic E-state index is -0.375. The van der Waals surface area contributed by atoms with E-state index in [2.05, 4.69) is 20.6 Å². The van der Waals surface area contributed by atoms with Gasteiger partial charge in [0.15, 0.2) is 5.13 Å². The fourth-order valence-corrected chi connectivity index (χ4v) is 3.09. The second-order valence-corrected chi connectivity index (χ2v) is 6.66. The molecule has 0 aliphatic heterocycles. The number of carbonyl (C=O) groups excluding carboxylic acids is 2. The zero-order valence-corrected chi connectivity index (χ0v) is 15.2. The highest BCUT2D eigenvalue weighted by atomic mass is 32.1. The molecule has 0 fully saturated rings. The SMILES string of the molecule is O=C(Cc1csc(NC(=O)c2ccc(=O)[nH]c2)n1)NCCc1ccccc1. The van der Waals surface area contributed by atoms with Gasteiger partial charge in [0.05, 0.1) is 17.7 Å². The normalized spacial score (nSPS) is 10.4. The number of carbonyl (C=O) groups is 2. The Kier molecular flexibility index (Phi) is 6.11. The molecule has 2 aromatic heterocycles. The third-order valence-corrected chi connectivity index (χ3v) is 4.55. The lowest BCUT2D eigenvalue weighted by Gasteiger charge is -2.04. The molecule has 3 N–H and O–H groups in total. The molecule has 3 rings (SSSR count). The van der Waals surface area contributed by atoms with Gasteiger partial charge in [-0.3, -0.25) is 19.7 Å². The number of rotatable bonds is 7. The maximum atomic E-state index is 12.1. The van der Waals surface area contributed by atoms with Crippen molar-refractivity contribution in [1.29, 1.82) is 0 Å². The summed E-state index contributed by atoms with van der Waals surface area (Å²) in [5.41, 5.74) is 1.80. The summed E-state index contributed by atoms with van der Waals surface area (Å²) < 4.78 is 0. The fraction of sp³-hybridized carbons (Fsp3) is 0.158. The number of pyridine rings is 1. The Morgan fingerprint density at radius 2 is 1.93 bits per heavy atom. The molecule has 0 aliphatic rings. The number of aromatic amines is 1. The van der Waals surface area contributed by atoms with Crippen LogP contribution < -0.4 is 16.2 Å². The highest BCUT2D eigenvalue weighted by molar-refractivity contribution is 7.14. The summed E-state index contributed by atoms with van der Waals surface area (Å²) in [7, 11) is 0. The van der Waals surface area contributed by atoms with E-state index in [1.807, 2.05) is 30.3 Å². The van der Waals surface area contributed by atoms with E-state index in [4.69, 9.17) is 0 Å². The molecule has 3 aromatic rings. The van der Waals surface area contributed by atoms with Crippen LogP contribution in [0.5, 0.6) is 0 Å². The maximum Gasteiger partial charge on any atom is 0.258 e. The summed E-state index contributed by atoms with van der Waals surface area (Å²) in [6, 6.07) is 12.6. The van der Waals surface area contributed by atoms with Gasteiger partial charge in [0.1, 0.15) is 0 Å². The predicted molar refractivity (Wildman–Crippen MR) is 104 cm³/mol. The summed E-state index contributed by atoms with van der Waals surface area (Å²) in [6.07, 6.45) is 2.26. The first kappa shape index (κ1) is 18.5. The summed E-state index contributed by atoms with van der Waals surface area (Å²) in [5, 5.41) is 7.65. The van der Waals surface area contributed by atoms with Gasteiger partial charge in [-0.2, -0.15) is 0 Å². The average molecular weight is 382 g/mol. The minimum Gasteiger partial charge on any atom is -0.355 e. The molecule has 7 nitrogen and oxygen atoms in total. The Bertz CT molecular complexity index is 961. The van der Waals surface area contributed by atoms with Crippen molar-refractivity contribution < 1.29 is 9.59 Å². The van der Waals surface area contributed by atoms with Gasteiger partial charge in [0.25, 0.3) is 5.91 Å². The molecule has 2 amide bonds. The zero-order chi connectivity index (χ0) is 19.1. The molecular weight excluding hydrogens is 364 g/mol. The van der Waals surface area contributed by atoms with Crippen LogP contribution in [-0.2, 0) is 17.6 Å². The van der Waals surface area contributed by atoms with Crippen LogP contribution in [0.25, 0.3) is 0 Å². The van der Waals surface area contributed by atoms with Gasteiger partial charge >= 0.3 is 0 Å². The lowest BCUT2D eigenvalue weighted by molar-refractivity contribution is -0.120. The van der Waals surface area contributed by atoms with Gasteiger partial charge in [-0.15, -0.1) is 11.3 Å². The minimum absolute atomic E-state index is 0.116. The molecule has 0 atom stereocenters. The van der Waals surface area contributed by atoms with Crippen molar-refractivity contribution in [3.8, 4) is 0 Å². The molecule has 0 unspecified atom stereocenters. The van der Waals surface area contributed by atoms with E-state index < -0.39 is 0 Å². The maximum absolute atomic E-state index is 12.1. The number of benzene rings is 1. The van der Waals surface area contributed by atoms with Crippen LogP contribution >= 0.6 is 11.3 Å². The van der Waals surface area contributed by atoms with Gasteiger partial charge in [-0.25, -0.2) is 4.98 Å². The molecule has 0 bridgehead atoms. The number of H-pyrrole nitrogens is 1. The highest BCUT2D eigenvalue weighted by Gasteiger charge is 2.11. The molecular formula is C19H18N4O3S. The van der Waals surface area contributed by atoms with Crippen LogP contribution in [0.15, 0.2) is 58.8 Å². The number of amides is 2. The Hall–Kier alpha value is -3.26. The third kappa shape index (κ3) is 5.61. The first-order valence-electron chi connectivity index (χ1n) is 8.35. The first-order valence-corrected chi connectivity index (χ1v) is 9.23. The number of thiazole rings is 1. The van der Waals surface area contributed by atoms with Crippen LogP contribution in [0.3, 0.4) is 0 Å². The number of hydrogen-bond donors (Lipinski definition) is 3. The largest absolute Gasteiger partial charge is 0.355 e. The quantitative estimate of drug-likeness (QED) is 0.581. The standard InChI is InChI=1S/C19H18N4O3S/c24-16-7-6-14(11-21-16)18(26)23-19-22-15(12-27-19)10-17(25)20-9-8-13-4-2-1-3-5-13/h1-7,11-12H,8-10H2,(H,20,25)(H,21,24)(H,22,23,26). The number of anilines is 1. The van der Waals surface area contributed by atoms with Gasteiger partial charge in [0, 0.05) is 24.2 Å². The smallest absolute Gasteiger partial charge is 0.258 e. The molecule has 138 valence electrons. The summed E-state index contributed by atoms with van der Waals surface area (Å²) >= 11 is 1.24. The van der Waals surface area contributed by atoms with Crippen LogP contribution in [0, 0.1) is 0 Å². The third-order valence-electron chi connectivity index (χ3n) is 3.74. The Balaban J connectivity index is 1.47. The van der Waals surface area contributed by atoms with Gasteiger partial charge in [-0.05, 0) is 18.1 Å². The lowest BCUT2D eigenvalue weighted by atomic mass is 10.1. The second-order valence-electron chi connectivity index (χ2n) is 5.80. The Morgan fingerprint density at radius 1 is 1.11 bits per heavy atom. The van der Waals surface area contributed by atoms with Crippen LogP contribution in [0.1, 0.15) is 21.6 Å². The molecule has 2 heterocycles. The van der Waals surface area contributed by atoms with E-state index in [-0.39, 0.29) is 23.8 Å². The molecule has 0 saturated heterocycles. The fourth-order valence-electron chi connectivity index (χ4n) is 2.38. The summed E-state index contributed by atoms with van der Waals surface area (Å²) in [5.74, 6) is -0.491. The van der Waals surface area contributed by atoms with Crippen molar-refractivity contribution in [2.24, 2.45) is 0 Å². The van der Waals surface area contributed by atoms with E-state index >= 15 is 0 Å². The van der Waals surface area contributed by atoms with Crippen molar-refractivity contribution in [1.82, 2.24) is 15.3 Å². The summed E-state index contributed by atoms with van der Waals surface area (Å²) in [4.78, 5) is 41.8. The van der Waals surface area contributed by atoms with Crippen molar-refractivity contribution >= 4 is 28.3 Å². The first-order chi connectivity index (χ1) is 13.1. The van der Waals surface area contributed by atoms with Crippen LogP contribution in [0.4, 0.5) is 5.13 Å². The Morgan fingerprint density at radius 3 is 2.67 bits per heavy atom. The topological polar surface area (TPSA) is 104 Å². The molecule has 1 aromatic carbocycles. The predicted octanol–water partition coefficient (Wildman–Crippen LogP) is 1.99. The number of nitrogens with zero attached hydrogens (tertiary/aromatic N) is 1. The lowest BCUT2D eigenvalue weighted by Crippen LogP contribution is -2.27. The zero-order valence-electron chi connectivity index (χ0n) is 14.4. The molecule has 0 aliphatic carbocycles. The number of nitrogens with one attached hydrogen (secondary N) is 3.